The number of hydrogen-bond donors (Lipinski definition) is 1. The van der Waals surface area contributed by atoms with Gasteiger partial charge in [0.15, 0.2) is 0 Å². The van der Waals surface area contributed by atoms with Crippen molar-refractivity contribution in [1.29, 1.82) is 0 Å². The highest BCUT2D eigenvalue weighted by atomic mass is 16.3. The van der Waals surface area contributed by atoms with Gasteiger partial charge >= 0.3 is 0 Å². The highest BCUT2D eigenvalue weighted by molar-refractivity contribution is 5.23. The van der Waals surface area contributed by atoms with E-state index in [0.717, 1.165) is 5.57 Å². The van der Waals surface area contributed by atoms with Crippen LogP contribution in [0.15, 0.2) is 23.3 Å². The number of aliphatic hydroxyl groups excluding tert-OH is 1. The summed E-state index contributed by atoms with van der Waals surface area (Å²) in [4.78, 5) is 0. The van der Waals surface area contributed by atoms with Crippen LogP contribution in [0.4, 0.5) is 0 Å². The summed E-state index contributed by atoms with van der Waals surface area (Å²) in [6.45, 7) is 6.07. The molecule has 0 saturated carbocycles. The van der Waals surface area contributed by atoms with Crippen LogP contribution in [-0.4, -0.2) is 11.7 Å². The molecular formula is C8H14O. The van der Waals surface area contributed by atoms with Crippen molar-refractivity contribution < 1.29 is 5.11 Å². The van der Waals surface area contributed by atoms with Gasteiger partial charge < -0.3 is 5.11 Å². The van der Waals surface area contributed by atoms with Crippen molar-refractivity contribution in [2.45, 2.75) is 20.8 Å². The predicted molar refractivity (Wildman–Crippen MR) is 40.3 cm³/mol. The van der Waals surface area contributed by atoms with Crippen LogP contribution in [0.5, 0.6) is 0 Å². The van der Waals surface area contributed by atoms with E-state index < -0.39 is 0 Å². The molecule has 9 heavy (non-hydrogen) atoms. The first-order valence-corrected chi connectivity index (χ1v) is 3.12. The molecule has 0 aliphatic carbocycles. The van der Waals surface area contributed by atoms with Crippen LogP contribution < -0.4 is 0 Å². The van der Waals surface area contributed by atoms with Crippen LogP contribution in [0.25, 0.3) is 0 Å². The minimum atomic E-state index is 0.146. The molecule has 0 heterocycles. The van der Waals surface area contributed by atoms with Gasteiger partial charge in [-0.05, 0) is 26.3 Å². The van der Waals surface area contributed by atoms with Gasteiger partial charge in [-0.3, -0.25) is 0 Å². The summed E-state index contributed by atoms with van der Waals surface area (Å²) in [5.74, 6) is 0. The molecule has 0 fully saturated rings. The highest BCUT2D eigenvalue weighted by Crippen LogP contribution is 2.02. The molecule has 52 valence electrons. The highest BCUT2D eigenvalue weighted by Gasteiger charge is 1.88. The third kappa shape index (κ3) is 3.09. The van der Waals surface area contributed by atoms with E-state index >= 15 is 0 Å². The fraction of sp³-hybridized carbons (Fsp3) is 0.500. The summed E-state index contributed by atoms with van der Waals surface area (Å²) in [5.41, 5.74) is 2.19. The van der Waals surface area contributed by atoms with Crippen LogP contribution in [0.1, 0.15) is 20.8 Å². The van der Waals surface area contributed by atoms with E-state index in [9.17, 15) is 0 Å². The number of aliphatic hydroxyl groups is 1. The first kappa shape index (κ1) is 8.44. The number of allylic oxidation sites excluding steroid dienone is 2. The van der Waals surface area contributed by atoms with Crippen molar-refractivity contribution in [2.24, 2.45) is 0 Å². The maximum Gasteiger partial charge on any atom is 0.0681 e. The largest absolute Gasteiger partial charge is 0.392 e. The topological polar surface area (TPSA) is 20.2 Å². The number of hydrogen-bond acceptors (Lipinski definition) is 1. The first-order chi connectivity index (χ1) is 4.22. The smallest absolute Gasteiger partial charge is 0.0681 e. The molecule has 0 aliphatic heterocycles. The van der Waals surface area contributed by atoms with E-state index in [1.165, 1.54) is 5.57 Å². The second-order valence-corrected chi connectivity index (χ2v) is 2.18. The second-order valence-electron chi connectivity index (χ2n) is 2.18. The fourth-order valence-corrected chi connectivity index (χ4v) is 0.579. The van der Waals surface area contributed by atoms with Crippen molar-refractivity contribution >= 4 is 0 Å². The lowest BCUT2D eigenvalue weighted by atomic mass is 10.1. The van der Waals surface area contributed by atoms with E-state index in [4.69, 9.17) is 5.11 Å². The molecule has 0 aliphatic rings. The summed E-state index contributed by atoms with van der Waals surface area (Å²) >= 11 is 0. The maximum atomic E-state index is 8.72. The Hall–Kier alpha value is -0.560. The molecule has 0 aromatic carbocycles. The molecule has 0 rings (SSSR count). The molecule has 0 saturated heterocycles. The lowest BCUT2D eigenvalue weighted by molar-refractivity contribution is 0.334. The van der Waals surface area contributed by atoms with E-state index in [1.807, 2.05) is 32.9 Å². The van der Waals surface area contributed by atoms with Crippen molar-refractivity contribution in [3.8, 4) is 0 Å². The van der Waals surface area contributed by atoms with Gasteiger partial charge in [0.25, 0.3) is 0 Å². The van der Waals surface area contributed by atoms with E-state index in [0.29, 0.717) is 0 Å². The molecule has 1 N–H and O–H groups in total. The van der Waals surface area contributed by atoms with Crippen LogP contribution >= 0.6 is 0 Å². The van der Waals surface area contributed by atoms with Gasteiger partial charge in [0, 0.05) is 0 Å². The fourth-order valence-electron chi connectivity index (χ4n) is 0.579. The summed E-state index contributed by atoms with van der Waals surface area (Å²) in [7, 11) is 0. The van der Waals surface area contributed by atoms with Gasteiger partial charge in [0.1, 0.15) is 0 Å². The molecule has 0 amide bonds. The Bertz CT molecular complexity index is 128. The van der Waals surface area contributed by atoms with Gasteiger partial charge in [-0.25, -0.2) is 0 Å². The molecule has 1 nitrogen and oxygen atoms in total. The average molecular weight is 126 g/mol. The molecular weight excluding hydrogens is 112 g/mol. The van der Waals surface area contributed by atoms with Gasteiger partial charge in [0.05, 0.1) is 6.61 Å². The molecule has 0 spiro atoms. The van der Waals surface area contributed by atoms with E-state index in [-0.39, 0.29) is 6.61 Å². The summed E-state index contributed by atoms with van der Waals surface area (Å²) in [6, 6.07) is 0. The van der Waals surface area contributed by atoms with E-state index in [2.05, 4.69) is 0 Å². The Morgan fingerprint density at radius 1 is 1.44 bits per heavy atom. The average Bonchev–Trinajstić information content (AvgIpc) is 1.82. The van der Waals surface area contributed by atoms with Crippen LogP contribution in [0.2, 0.25) is 0 Å². The summed E-state index contributed by atoms with van der Waals surface area (Å²) in [5, 5.41) is 8.72. The van der Waals surface area contributed by atoms with Gasteiger partial charge in [0.2, 0.25) is 0 Å². The Morgan fingerprint density at radius 3 is 2.11 bits per heavy atom. The molecule has 0 radical (unpaired) electrons. The maximum absolute atomic E-state index is 8.72. The molecule has 0 bridgehead atoms. The monoisotopic (exact) mass is 126 g/mol. The third-order valence-corrected chi connectivity index (χ3v) is 1.18. The zero-order valence-electron chi connectivity index (χ0n) is 6.31. The van der Waals surface area contributed by atoms with Crippen molar-refractivity contribution in [3.63, 3.8) is 0 Å². The zero-order valence-corrected chi connectivity index (χ0v) is 6.31. The Morgan fingerprint density at radius 2 is 2.00 bits per heavy atom. The lowest BCUT2D eigenvalue weighted by Crippen LogP contribution is -1.87. The Labute approximate surface area is 56.7 Å². The second kappa shape index (κ2) is 4.33. The van der Waals surface area contributed by atoms with Gasteiger partial charge in [-0.15, -0.1) is 0 Å². The standard InChI is InChI=1S/C8H14O/c1-4-5-8(6-9)7(2)3/h4-5,9H,6H2,1-3H3. The van der Waals surface area contributed by atoms with Crippen LogP contribution in [-0.2, 0) is 0 Å². The molecule has 0 aromatic rings. The quantitative estimate of drug-likeness (QED) is 0.560. The lowest BCUT2D eigenvalue weighted by Gasteiger charge is -1.97. The van der Waals surface area contributed by atoms with Crippen LogP contribution in [0, 0.1) is 0 Å². The number of rotatable bonds is 2. The Kier molecular flexibility index (Phi) is 4.06. The van der Waals surface area contributed by atoms with Crippen LogP contribution in [0.3, 0.4) is 0 Å². The van der Waals surface area contributed by atoms with Crippen molar-refractivity contribution in [1.82, 2.24) is 0 Å². The third-order valence-electron chi connectivity index (χ3n) is 1.18. The zero-order chi connectivity index (χ0) is 7.28. The summed E-state index contributed by atoms with van der Waals surface area (Å²) < 4.78 is 0. The van der Waals surface area contributed by atoms with Gasteiger partial charge in [-0.1, -0.05) is 17.7 Å². The molecule has 0 unspecified atom stereocenters. The Balaban J connectivity index is 4.16. The van der Waals surface area contributed by atoms with E-state index in [1.54, 1.807) is 0 Å². The summed E-state index contributed by atoms with van der Waals surface area (Å²) in [6.07, 6.45) is 3.86. The van der Waals surface area contributed by atoms with Gasteiger partial charge in [-0.2, -0.15) is 0 Å². The molecule has 0 aromatic heterocycles. The van der Waals surface area contributed by atoms with Crippen molar-refractivity contribution in [2.75, 3.05) is 6.61 Å². The molecule has 1 heteroatoms. The van der Waals surface area contributed by atoms with Crippen molar-refractivity contribution in [3.05, 3.63) is 23.3 Å². The predicted octanol–water partition coefficient (Wildman–Crippen LogP) is 1.89. The first-order valence-electron chi connectivity index (χ1n) is 3.12. The minimum absolute atomic E-state index is 0.146. The normalized spacial score (nSPS) is 10.2. The molecule has 0 atom stereocenters. The minimum Gasteiger partial charge on any atom is -0.392 e. The SMILES string of the molecule is CC=CC(CO)=C(C)C.